The van der Waals surface area contributed by atoms with Crippen molar-refractivity contribution in [2.75, 3.05) is 0 Å². The standard InChI is InChI=1S/C2H2O4.2CHNO.FH2O3P.Li.H/c3-1(4)2(5)6;2*2-1-3;1-5(2,3)4;;/h(H,3,4)(H,5,6);2*2H;(H2,2,3,4);;/q;;;;+1;-1. The fourth-order valence-corrected chi connectivity index (χ4v) is 0. The van der Waals surface area contributed by atoms with Crippen molar-refractivity contribution in [2.24, 2.45) is 0 Å². The first kappa shape index (κ1) is 29.9. The number of carboxylic acid groups (broad SMARTS) is 2. The van der Waals surface area contributed by atoms with E-state index in [1.54, 1.807) is 0 Å². The van der Waals surface area contributed by atoms with E-state index in [1.807, 2.05) is 0 Å². The van der Waals surface area contributed by atoms with Crippen LogP contribution >= 0.6 is 7.91 Å². The van der Waals surface area contributed by atoms with Gasteiger partial charge in [0.15, 0.2) is 0 Å². The molecule has 0 bridgehead atoms. The summed E-state index contributed by atoms with van der Waals surface area (Å²) in [7, 11) is -5.14. The first-order valence-corrected chi connectivity index (χ1v) is 4.27. The summed E-state index contributed by atoms with van der Waals surface area (Å²) in [4.78, 5) is 48.8. The Morgan fingerprint density at radius 2 is 1.11 bits per heavy atom. The van der Waals surface area contributed by atoms with Crippen molar-refractivity contribution in [1.29, 1.82) is 10.8 Å². The molecule has 0 fully saturated rings. The van der Waals surface area contributed by atoms with Gasteiger partial charge in [0.05, 0.1) is 0 Å². The van der Waals surface area contributed by atoms with E-state index in [4.69, 9.17) is 54.6 Å². The number of rotatable bonds is 0. The summed E-state index contributed by atoms with van der Waals surface area (Å²) in [6.07, 6.45) is 1.50. The minimum atomic E-state index is -5.14. The summed E-state index contributed by atoms with van der Waals surface area (Å²) in [6, 6.07) is 0. The van der Waals surface area contributed by atoms with Crippen molar-refractivity contribution in [3.05, 3.63) is 0 Å². The van der Waals surface area contributed by atoms with Crippen LogP contribution in [-0.4, -0.2) is 44.1 Å². The van der Waals surface area contributed by atoms with Crippen LogP contribution in [0.3, 0.4) is 0 Å². The Hall–Kier alpha value is -1.62. The first-order valence-electron chi connectivity index (χ1n) is 2.77. The second-order valence-corrected chi connectivity index (χ2v) is 2.23. The maximum atomic E-state index is 10.4. The second kappa shape index (κ2) is 20.7. The summed E-state index contributed by atoms with van der Waals surface area (Å²) < 4.78 is 19.0. The SMILES string of the molecule is N=C=O.N=C=O.O=C(O)C(=O)O.O=P(O)(O)F.[H-].[Li+]. The van der Waals surface area contributed by atoms with Gasteiger partial charge in [-0.2, -0.15) is 0 Å². The van der Waals surface area contributed by atoms with E-state index in [0.717, 1.165) is 12.2 Å². The van der Waals surface area contributed by atoms with Gasteiger partial charge in [-0.15, -0.1) is 4.20 Å². The van der Waals surface area contributed by atoms with Crippen molar-refractivity contribution < 1.29 is 68.2 Å². The van der Waals surface area contributed by atoms with E-state index in [-0.39, 0.29) is 20.3 Å². The van der Waals surface area contributed by atoms with Gasteiger partial charge in [-0.3, -0.25) is 9.79 Å². The van der Waals surface area contributed by atoms with Gasteiger partial charge < -0.3 is 11.6 Å². The summed E-state index contributed by atoms with van der Waals surface area (Å²) in [5.41, 5.74) is 0. The van der Waals surface area contributed by atoms with Crippen LogP contribution in [-0.2, 0) is 23.7 Å². The topological polar surface area (TPSA) is 214 Å². The minimum Gasteiger partial charge on any atom is -1.00 e. The third-order valence-electron chi connectivity index (χ3n) is 0.183. The molecule has 0 unspecified atom stereocenters. The summed E-state index contributed by atoms with van der Waals surface area (Å²) in [5, 5.41) is 25.6. The summed E-state index contributed by atoms with van der Waals surface area (Å²) in [6.45, 7) is 0. The number of carbonyl (C=O) groups excluding carboxylic acids is 2. The predicted molar refractivity (Wildman–Crippen MR) is 46.4 cm³/mol. The Balaban J connectivity index is -0.0000000299. The maximum Gasteiger partial charge on any atom is 1.00 e. The van der Waals surface area contributed by atoms with Gasteiger partial charge in [-0.05, 0) is 0 Å². The van der Waals surface area contributed by atoms with Gasteiger partial charge in [0.25, 0.3) is 0 Å². The molecule has 0 rings (SSSR count). The molecule has 18 heavy (non-hydrogen) atoms. The molecule has 0 atom stereocenters. The molecule has 11 nitrogen and oxygen atoms in total. The van der Waals surface area contributed by atoms with E-state index in [9.17, 15) is 4.20 Å². The van der Waals surface area contributed by atoms with E-state index in [0.29, 0.717) is 0 Å². The fourth-order valence-electron chi connectivity index (χ4n) is 0. The number of carboxylic acids is 2. The number of carbonyl (C=O) groups is 2. The minimum absolute atomic E-state index is 0. The van der Waals surface area contributed by atoms with Crippen LogP contribution in [0.4, 0.5) is 4.20 Å². The van der Waals surface area contributed by atoms with Gasteiger partial charge in [0.1, 0.15) is 0 Å². The molecule has 0 saturated carbocycles. The van der Waals surface area contributed by atoms with Gasteiger partial charge in [-0.25, -0.2) is 34.6 Å². The zero-order valence-electron chi connectivity index (χ0n) is 9.66. The molecule has 14 heteroatoms. The molecule has 0 saturated heterocycles. The van der Waals surface area contributed by atoms with Crippen molar-refractivity contribution in [1.82, 2.24) is 0 Å². The maximum absolute atomic E-state index is 10.4. The number of hydrogen-bond donors (Lipinski definition) is 6. The Morgan fingerprint density at radius 1 is 1.06 bits per heavy atom. The van der Waals surface area contributed by atoms with Crippen molar-refractivity contribution in [2.45, 2.75) is 0 Å². The normalized spacial score (nSPS) is 6.61. The molecule has 0 aromatic heterocycles. The third-order valence-corrected chi connectivity index (χ3v) is 0.183. The van der Waals surface area contributed by atoms with Crippen LogP contribution in [0.25, 0.3) is 0 Å². The molecule has 0 aromatic carbocycles. The molecule has 0 spiro atoms. The number of hydrogen-bond acceptors (Lipinski definition) is 7. The van der Waals surface area contributed by atoms with Gasteiger partial charge in [-0.1, -0.05) is 0 Å². The number of nitrogens with one attached hydrogen (secondary N) is 2. The predicted octanol–water partition coefficient (Wildman–Crippen LogP) is -3.88. The molecule has 0 aliphatic carbocycles. The first-order chi connectivity index (χ1) is 7.47. The molecule has 0 aromatic rings. The fraction of sp³-hybridized carbons (Fsp3) is 0. The average Bonchev–Trinajstić information content (AvgIpc) is 2.03. The summed E-state index contributed by atoms with van der Waals surface area (Å²) in [5.74, 6) is -3.65. The number of halogens is 1. The second-order valence-electron chi connectivity index (χ2n) is 1.29. The van der Waals surface area contributed by atoms with E-state index in [2.05, 4.69) is 0 Å². The molecule has 0 amide bonds. The third kappa shape index (κ3) is 455. The van der Waals surface area contributed by atoms with Crippen molar-refractivity contribution in [3.8, 4) is 0 Å². The van der Waals surface area contributed by atoms with Crippen LogP contribution in [0.15, 0.2) is 0 Å². The molecule has 0 aliphatic rings. The van der Waals surface area contributed by atoms with E-state index in [1.165, 1.54) is 0 Å². The van der Waals surface area contributed by atoms with Crippen LogP contribution in [0.2, 0.25) is 0 Å². The Morgan fingerprint density at radius 3 is 1.11 bits per heavy atom. The van der Waals surface area contributed by atoms with Crippen LogP contribution in [0.5, 0.6) is 0 Å². The quantitative estimate of drug-likeness (QED) is 0.0841. The zero-order chi connectivity index (χ0) is 15.1. The van der Waals surface area contributed by atoms with E-state index < -0.39 is 19.8 Å². The molecule has 0 aliphatic heterocycles. The van der Waals surface area contributed by atoms with E-state index >= 15 is 0 Å². The Labute approximate surface area is 112 Å². The Kier molecular flexibility index (Phi) is 34.5. The smallest absolute Gasteiger partial charge is 1.00 e. The number of aliphatic carboxylic acids is 2. The largest absolute Gasteiger partial charge is 1.00 e. The molecule has 0 heterocycles. The monoisotopic (exact) mass is 284 g/mol. The van der Waals surface area contributed by atoms with Crippen molar-refractivity contribution in [3.63, 3.8) is 0 Å². The number of isocyanates is 2. The molecule has 0 radical (unpaired) electrons. The molecule has 100 valence electrons. The van der Waals surface area contributed by atoms with Crippen LogP contribution in [0, 0.1) is 10.8 Å². The molecular weight excluding hydrogens is 277 g/mol. The van der Waals surface area contributed by atoms with Gasteiger partial charge in [0.2, 0.25) is 12.2 Å². The Bertz CT molecular complexity index is 316. The molecule has 6 N–H and O–H groups in total. The van der Waals surface area contributed by atoms with Crippen LogP contribution in [0.1, 0.15) is 1.43 Å². The van der Waals surface area contributed by atoms with Crippen LogP contribution < -0.4 is 18.9 Å². The zero-order valence-corrected chi connectivity index (χ0v) is 9.55. The summed E-state index contributed by atoms with van der Waals surface area (Å²) >= 11 is 0. The van der Waals surface area contributed by atoms with Crippen molar-refractivity contribution >= 4 is 32.0 Å². The van der Waals surface area contributed by atoms with Gasteiger partial charge in [0, 0.05) is 0 Å². The average molecular weight is 284 g/mol. The molecular formula is C4H7FLiN2O9P. The van der Waals surface area contributed by atoms with Gasteiger partial charge >= 0.3 is 38.7 Å².